The molecule has 0 aliphatic heterocycles. The van der Waals surface area contributed by atoms with Gasteiger partial charge in [0, 0.05) is 6.54 Å². The first-order chi connectivity index (χ1) is 4.72. The van der Waals surface area contributed by atoms with Gasteiger partial charge in [0.15, 0.2) is 0 Å². The highest BCUT2D eigenvalue weighted by Gasteiger charge is 2.11. The average Bonchev–Trinajstić information content (AvgIpc) is 1.98. The van der Waals surface area contributed by atoms with Crippen LogP contribution in [0.2, 0.25) is 0 Å². The smallest absolute Gasteiger partial charge is 0.324 e. The Hall–Kier alpha value is -1.10. The third-order valence-corrected chi connectivity index (χ3v) is 0.925. The molecule has 0 aromatic carbocycles. The molecule has 0 spiro atoms. The van der Waals surface area contributed by atoms with Crippen molar-refractivity contribution < 1.29 is 14.3 Å². The Morgan fingerprint density at radius 3 is 2.90 bits per heavy atom. The summed E-state index contributed by atoms with van der Waals surface area (Å²) in [5.74, 6) is -0.533. The number of esters is 1. The van der Waals surface area contributed by atoms with Gasteiger partial charge in [0.05, 0.1) is 7.11 Å². The largest absolute Gasteiger partial charge is 0.468 e. The zero-order valence-electron chi connectivity index (χ0n) is 5.66. The van der Waals surface area contributed by atoms with Gasteiger partial charge in [-0.05, 0) is 0 Å². The lowest BCUT2D eigenvalue weighted by molar-refractivity contribution is -0.142. The zero-order valence-corrected chi connectivity index (χ0v) is 5.66. The van der Waals surface area contributed by atoms with Gasteiger partial charge in [-0.15, -0.1) is 0 Å². The van der Waals surface area contributed by atoms with E-state index in [4.69, 9.17) is 5.73 Å². The van der Waals surface area contributed by atoms with Gasteiger partial charge in [0.1, 0.15) is 6.04 Å². The van der Waals surface area contributed by atoms with E-state index in [9.17, 15) is 9.59 Å². The molecule has 0 saturated heterocycles. The topological polar surface area (TPSA) is 81.4 Å². The number of nitrogens with two attached hydrogens (primary N) is 1. The van der Waals surface area contributed by atoms with Crippen molar-refractivity contribution in [2.24, 2.45) is 5.73 Å². The molecule has 58 valence electrons. The second kappa shape index (κ2) is 4.75. The minimum absolute atomic E-state index is 0.107. The van der Waals surface area contributed by atoms with Gasteiger partial charge < -0.3 is 15.8 Å². The van der Waals surface area contributed by atoms with Gasteiger partial charge in [-0.1, -0.05) is 0 Å². The van der Waals surface area contributed by atoms with E-state index in [1.54, 1.807) is 0 Å². The van der Waals surface area contributed by atoms with Crippen molar-refractivity contribution in [3.63, 3.8) is 0 Å². The van der Waals surface area contributed by atoms with E-state index in [2.05, 4.69) is 10.1 Å². The van der Waals surface area contributed by atoms with Crippen molar-refractivity contribution in [2.75, 3.05) is 13.7 Å². The number of rotatable bonds is 4. The summed E-state index contributed by atoms with van der Waals surface area (Å²) in [6.07, 6.45) is 0.475. The van der Waals surface area contributed by atoms with Crippen LogP contribution in [0, 0.1) is 0 Å². The van der Waals surface area contributed by atoms with Crippen molar-refractivity contribution >= 4 is 12.4 Å². The van der Waals surface area contributed by atoms with Crippen LogP contribution in [0.15, 0.2) is 0 Å². The van der Waals surface area contributed by atoms with Crippen LogP contribution >= 0.6 is 0 Å². The van der Waals surface area contributed by atoms with Gasteiger partial charge >= 0.3 is 5.97 Å². The number of ether oxygens (including phenoxy) is 1. The van der Waals surface area contributed by atoms with Crippen LogP contribution in [0.3, 0.4) is 0 Å². The fraction of sp³-hybridized carbons (Fsp3) is 0.600. The van der Waals surface area contributed by atoms with Crippen LogP contribution in [0.4, 0.5) is 0 Å². The SMILES string of the molecule is COC(=O)[C@@H](N)CNC=O. The summed E-state index contributed by atoms with van der Waals surface area (Å²) in [5, 5.41) is 2.26. The molecule has 0 aromatic rings. The minimum Gasteiger partial charge on any atom is -0.468 e. The van der Waals surface area contributed by atoms with Crippen LogP contribution in [-0.2, 0) is 14.3 Å². The van der Waals surface area contributed by atoms with Gasteiger partial charge in [0.2, 0.25) is 6.41 Å². The first-order valence-corrected chi connectivity index (χ1v) is 2.72. The standard InChI is InChI=1S/C5H10N2O3/c1-10-5(9)4(6)2-7-3-8/h3-4H,2,6H2,1H3,(H,7,8)/t4-/m0/s1. The van der Waals surface area contributed by atoms with Crippen molar-refractivity contribution in [2.45, 2.75) is 6.04 Å². The highest BCUT2D eigenvalue weighted by Crippen LogP contribution is 1.78. The molecule has 0 unspecified atom stereocenters. The van der Waals surface area contributed by atoms with E-state index >= 15 is 0 Å². The molecule has 0 fully saturated rings. The number of hydrogen-bond acceptors (Lipinski definition) is 4. The zero-order chi connectivity index (χ0) is 7.98. The Bertz CT molecular complexity index is 126. The summed E-state index contributed by atoms with van der Waals surface area (Å²) in [6.45, 7) is 0.107. The molecule has 0 aliphatic rings. The average molecular weight is 146 g/mol. The van der Waals surface area contributed by atoms with E-state index in [1.165, 1.54) is 7.11 Å². The van der Waals surface area contributed by atoms with Crippen molar-refractivity contribution in [3.8, 4) is 0 Å². The summed E-state index contributed by atoms with van der Waals surface area (Å²) in [4.78, 5) is 20.2. The molecule has 5 heteroatoms. The fourth-order valence-corrected chi connectivity index (χ4v) is 0.410. The van der Waals surface area contributed by atoms with Gasteiger partial charge in [-0.25, -0.2) is 0 Å². The van der Waals surface area contributed by atoms with Crippen molar-refractivity contribution in [3.05, 3.63) is 0 Å². The first kappa shape index (κ1) is 8.90. The minimum atomic E-state index is -0.768. The predicted molar refractivity (Wildman–Crippen MR) is 34.1 cm³/mol. The Kier molecular flexibility index (Phi) is 4.23. The van der Waals surface area contributed by atoms with Crippen LogP contribution in [0.1, 0.15) is 0 Å². The molecule has 3 N–H and O–H groups in total. The van der Waals surface area contributed by atoms with Crippen LogP contribution in [0.25, 0.3) is 0 Å². The maximum atomic E-state index is 10.5. The van der Waals surface area contributed by atoms with E-state index in [-0.39, 0.29) is 6.54 Å². The summed E-state index contributed by atoms with van der Waals surface area (Å²) in [5.41, 5.74) is 5.22. The van der Waals surface area contributed by atoms with E-state index in [0.29, 0.717) is 6.41 Å². The Balaban J connectivity index is 3.50. The lowest BCUT2D eigenvalue weighted by Crippen LogP contribution is -2.40. The van der Waals surface area contributed by atoms with Crippen molar-refractivity contribution in [1.82, 2.24) is 5.32 Å². The molecule has 0 rings (SSSR count). The molecule has 0 bridgehead atoms. The fourth-order valence-electron chi connectivity index (χ4n) is 0.410. The number of carbonyl (C=O) groups excluding carboxylic acids is 2. The molecule has 0 radical (unpaired) electrons. The summed E-state index contributed by atoms with van der Waals surface area (Å²) in [6, 6.07) is -0.768. The molecule has 1 amide bonds. The van der Waals surface area contributed by atoms with Crippen LogP contribution in [0.5, 0.6) is 0 Å². The van der Waals surface area contributed by atoms with E-state index in [1.807, 2.05) is 0 Å². The second-order valence-electron chi connectivity index (χ2n) is 1.66. The maximum Gasteiger partial charge on any atom is 0.324 e. The van der Waals surface area contributed by atoms with Crippen LogP contribution < -0.4 is 11.1 Å². The molecular formula is C5H10N2O3. The third-order valence-electron chi connectivity index (χ3n) is 0.925. The molecule has 0 aromatic heterocycles. The van der Waals surface area contributed by atoms with Crippen LogP contribution in [-0.4, -0.2) is 32.1 Å². The third kappa shape index (κ3) is 3.03. The van der Waals surface area contributed by atoms with E-state index < -0.39 is 12.0 Å². The molecule has 10 heavy (non-hydrogen) atoms. The number of amides is 1. The number of hydrogen-bond donors (Lipinski definition) is 2. The predicted octanol–water partition coefficient (Wildman–Crippen LogP) is -1.77. The lowest BCUT2D eigenvalue weighted by Gasteiger charge is -2.06. The van der Waals surface area contributed by atoms with Crippen molar-refractivity contribution in [1.29, 1.82) is 0 Å². The molecule has 0 saturated carbocycles. The highest BCUT2D eigenvalue weighted by atomic mass is 16.5. The lowest BCUT2D eigenvalue weighted by atomic mass is 10.3. The highest BCUT2D eigenvalue weighted by molar-refractivity contribution is 5.75. The Morgan fingerprint density at radius 2 is 2.50 bits per heavy atom. The molecule has 0 aliphatic carbocycles. The quantitative estimate of drug-likeness (QED) is 0.363. The second-order valence-corrected chi connectivity index (χ2v) is 1.66. The summed E-state index contributed by atoms with van der Waals surface area (Å²) < 4.78 is 4.29. The number of methoxy groups -OCH3 is 1. The Labute approximate surface area is 58.5 Å². The number of nitrogens with one attached hydrogen (secondary N) is 1. The summed E-state index contributed by atoms with van der Waals surface area (Å²) >= 11 is 0. The van der Waals surface area contributed by atoms with Gasteiger partial charge in [0.25, 0.3) is 0 Å². The van der Waals surface area contributed by atoms with E-state index in [0.717, 1.165) is 0 Å². The summed E-state index contributed by atoms with van der Waals surface area (Å²) in [7, 11) is 1.24. The first-order valence-electron chi connectivity index (χ1n) is 2.72. The maximum absolute atomic E-state index is 10.5. The Morgan fingerprint density at radius 1 is 1.90 bits per heavy atom. The molecular weight excluding hydrogens is 136 g/mol. The molecule has 1 atom stereocenters. The molecule has 5 nitrogen and oxygen atoms in total. The van der Waals surface area contributed by atoms with Gasteiger partial charge in [-0.2, -0.15) is 0 Å². The van der Waals surface area contributed by atoms with Gasteiger partial charge in [-0.3, -0.25) is 9.59 Å². The monoisotopic (exact) mass is 146 g/mol. The molecule has 0 heterocycles. The normalized spacial score (nSPS) is 11.8. The number of carbonyl (C=O) groups is 2.